The summed E-state index contributed by atoms with van der Waals surface area (Å²) in [5.41, 5.74) is 1.98. The Morgan fingerprint density at radius 3 is 2.84 bits per heavy atom. The molecule has 1 amide bonds. The summed E-state index contributed by atoms with van der Waals surface area (Å²) in [5.74, 6) is 0.156. The third kappa shape index (κ3) is 3.07. The molecule has 0 atom stereocenters. The van der Waals surface area contributed by atoms with Gasteiger partial charge in [-0.2, -0.15) is 11.3 Å². The second-order valence-corrected chi connectivity index (χ2v) is 6.50. The van der Waals surface area contributed by atoms with Gasteiger partial charge in [0.25, 0.3) is 5.91 Å². The molecule has 1 heterocycles. The van der Waals surface area contributed by atoms with E-state index in [9.17, 15) is 4.79 Å². The Bertz CT molecular complexity index is 578. The van der Waals surface area contributed by atoms with Gasteiger partial charge in [0.1, 0.15) is 0 Å². The minimum atomic E-state index is 0.156. The molecule has 1 aromatic carbocycles. The lowest BCUT2D eigenvalue weighted by atomic mass is 10.2. The first-order valence-corrected chi connectivity index (χ1v) is 8.05. The van der Waals surface area contributed by atoms with Crippen LogP contribution < -0.4 is 0 Å². The predicted molar refractivity (Wildman–Crippen MR) is 81.4 cm³/mol. The molecular weight excluding hydrogens is 322 g/mol. The molecule has 0 aliphatic heterocycles. The van der Waals surface area contributed by atoms with E-state index in [1.54, 1.807) is 11.3 Å². The van der Waals surface area contributed by atoms with E-state index in [2.05, 4.69) is 28.1 Å². The van der Waals surface area contributed by atoms with Crippen LogP contribution in [-0.2, 0) is 6.54 Å². The molecule has 2 aromatic rings. The van der Waals surface area contributed by atoms with Crippen LogP contribution in [0.15, 0.2) is 45.6 Å². The van der Waals surface area contributed by atoms with Gasteiger partial charge in [-0.3, -0.25) is 4.79 Å². The molecule has 1 fully saturated rings. The van der Waals surface area contributed by atoms with Crippen molar-refractivity contribution in [1.29, 1.82) is 0 Å². The zero-order chi connectivity index (χ0) is 13.2. The Balaban J connectivity index is 1.80. The first kappa shape index (κ1) is 12.9. The molecule has 19 heavy (non-hydrogen) atoms. The zero-order valence-electron chi connectivity index (χ0n) is 10.4. The maximum absolute atomic E-state index is 12.5. The highest BCUT2D eigenvalue weighted by atomic mass is 79.9. The molecule has 4 heteroatoms. The van der Waals surface area contributed by atoms with Crippen LogP contribution in [0.3, 0.4) is 0 Å². The van der Waals surface area contributed by atoms with Crippen molar-refractivity contribution in [2.75, 3.05) is 0 Å². The van der Waals surface area contributed by atoms with Crippen molar-refractivity contribution >= 4 is 33.2 Å². The summed E-state index contributed by atoms with van der Waals surface area (Å²) in [4.78, 5) is 14.5. The number of benzene rings is 1. The lowest BCUT2D eigenvalue weighted by molar-refractivity contribution is 0.0730. The number of hydrogen-bond donors (Lipinski definition) is 0. The largest absolute Gasteiger partial charge is 0.331 e. The monoisotopic (exact) mass is 335 g/mol. The Kier molecular flexibility index (Phi) is 3.71. The van der Waals surface area contributed by atoms with E-state index in [4.69, 9.17) is 0 Å². The molecule has 1 aliphatic rings. The van der Waals surface area contributed by atoms with Crippen molar-refractivity contribution in [3.8, 4) is 0 Å². The van der Waals surface area contributed by atoms with Crippen molar-refractivity contribution in [2.24, 2.45) is 0 Å². The van der Waals surface area contributed by atoms with Crippen molar-refractivity contribution in [1.82, 2.24) is 4.90 Å². The number of halogens is 1. The molecule has 1 saturated carbocycles. The Hall–Kier alpha value is -1.13. The van der Waals surface area contributed by atoms with Gasteiger partial charge in [0, 0.05) is 22.4 Å². The number of hydrogen-bond acceptors (Lipinski definition) is 2. The van der Waals surface area contributed by atoms with Crippen molar-refractivity contribution in [3.63, 3.8) is 0 Å². The zero-order valence-corrected chi connectivity index (χ0v) is 12.8. The van der Waals surface area contributed by atoms with Crippen LogP contribution in [0.5, 0.6) is 0 Å². The van der Waals surface area contributed by atoms with Crippen LogP contribution in [0, 0.1) is 0 Å². The van der Waals surface area contributed by atoms with Gasteiger partial charge in [-0.15, -0.1) is 0 Å². The van der Waals surface area contributed by atoms with Crippen molar-refractivity contribution in [3.05, 3.63) is 56.7 Å². The summed E-state index contributed by atoms with van der Waals surface area (Å²) in [7, 11) is 0. The highest BCUT2D eigenvalue weighted by Gasteiger charge is 2.33. The second-order valence-electron chi connectivity index (χ2n) is 4.81. The van der Waals surface area contributed by atoms with E-state index in [0.29, 0.717) is 12.6 Å². The van der Waals surface area contributed by atoms with Gasteiger partial charge in [0.15, 0.2) is 0 Å². The molecule has 0 N–H and O–H groups in total. The van der Waals surface area contributed by atoms with E-state index in [1.807, 2.05) is 33.9 Å². The fourth-order valence-corrected chi connectivity index (χ4v) is 3.21. The van der Waals surface area contributed by atoms with Crippen LogP contribution in [0.25, 0.3) is 0 Å². The van der Waals surface area contributed by atoms with Gasteiger partial charge in [0.05, 0.1) is 5.56 Å². The number of thiophene rings is 1. The maximum atomic E-state index is 12.5. The first-order valence-electron chi connectivity index (χ1n) is 6.31. The van der Waals surface area contributed by atoms with Gasteiger partial charge in [0.2, 0.25) is 0 Å². The molecule has 98 valence electrons. The molecule has 0 spiro atoms. The van der Waals surface area contributed by atoms with E-state index in [0.717, 1.165) is 22.9 Å². The quantitative estimate of drug-likeness (QED) is 0.814. The fraction of sp³-hybridized carbons (Fsp3) is 0.267. The van der Waals surface area contributed by atoms with Crippen LogP contribution >= 0.6 is 27.3 Å². The molecule has 3 rings (SSSR count). The summed E-state index contributed by atoms with van der Waals surface area (Å²) >= 11 is 5.05. The summed E-state index contributed by atoms with van der Waals surface area (Å²) in [6.45, 7) is 0.693. The molecule has 0 unspecified atom stereocenters. The molecule has 0 bridgehead atoms. The molecule has 1 aliphatic carbocycles. The lowest BCUT2D eigenvalue weighted by Gasteiger charge is -2.22. The normalized spacial score (nSPS) is 14.4. The minimum Gasteiger partial charge on any atom is -0.331 e. The Labute approximate surface area is 125 Å². The van der Waals surface area contributed by atoms with Crippen molar-refractivity contribution < 1.29 is 4.79 Å². The van der Waals surface area contributed by atoms with Crippen LogP contribution in [0.1, 0.15) is 28.8 Å². The number of carbonyl (C=O) groups excluding carboxylic acids is 1. The highest BCUT2D eigenvalue weighted by Crippen LogP contribution is 2.30. The van der Waals surface area contributed by atoms with Crippen LogP contribution in [0.2, 0.25) is 0 Å². The van der Waals surface area contributed by atoms with Crippen LogP contribution in [-0.4, -0.2) is 16.8 Å². The van der Waals surface area contributed by atoms with E-state index >= 15 is 0 Å². The minimum absolute atomic E-state index is 0.156. The van der Waals surface area contributed by atoms with Gasteiger partial charge in [-0.1, -0.05) is 28.1 Å². The number of rotatable bonds is 4. The molecule has 0 radical (unpaired) electrons. The predicted octanol–water partition coefficient (Wildman–Crippen LogP) is 4.32. The maximum Gasteiger partial charge on any atom is 0.255 e. The van der Waals surface area contributed by atoms with Crippen molar-refractivity contribution in [2.45, 2.75) is 25.4 Å². The summed E-state index contributed by atoms with van der Waals surface area (Å²) in [6.07, 6.45) is 2.26. The van der Waals surface area contributed by atoms with E-state index in [1.165, 1.54) is 5.56 Å². The Morgan fingerprint density at radius 2 is 2.21 bits per heavy atom. The van der Waals surface area contributed by atoms with Gasteiger partial charge < -0.3 is 4.90 Å². The first-order chi connectivity index (χ1) is 9.24. The van der Waals surface area contributed by atoms with Gasteiger partial charge >= 0.3 is 0 Å². The second kappa shape index (κ2) is 5.47. The number of nitrogens with zero attached hydrogens (tertiary/aromatic N) is 1. The third-order valence-corrected chi connectivity index (χ3v) is 4.44. The topological polar surface area (TPSA) is 20.3 Å². The lowest BCUT2D eigenvalue weighted by Crippen LogP contribution is -2.32. The molecular formula is C15H14BrNOS. The summed E-state index contributed by atoms with van der Waals surface area (Å²) < 4.78 is 1.06. The van der Waals surface area contributed by atoms with Crippen LogP contribution in [0.4, 0.5) is 0 Å². The molecule has 2 nitrogen and oxygen atoms in total. The van der Waals surface area contributed by atoms with Gasteiger partial charge in [-0.05, 0) is 42.0 Å². The van der Waals surface area contributed by atoms with Gasteiger partial charge in [-0.25, -0.2) is 0 Å². The smallest absolute Gasteiger partial charge is 0.255 e. The third-order valence-electron chi connectivity index (χ3n) is 3.26. The van der Waals surface area contributed by atoms with E-state index < -0.39 is 0 Å². The number of amides is 1. The molecule has 1 aromatic heterocycles. The summed E-state index contributed by atoms with van der Waals surface area (Å²) in [5, 5.41) is 3.88. The van der Waals surface area contributed by atoms with E-state index in [-0.39, 0.29) is 5.91 Å². The average molecular weight is 336 g/mol. The summed E-state index contributed by atoms with van der Waals surface area (Å²) in [6, 6.07) is 10.5. The SMILES string of the molecule is O=C(c1ccsc1)N(Cc1cccc(Br)c1)C1CC1. The highest BCUT2D eigenvalue weighted by molar-refractivity contribution is 9.10. The average Bonchev–Trinajstić information content (AvgIpc) is 3.09. The Morgan fingerprint density at radius 1 is 1.37 bits per heavy atom. The molecule has 0 saturated heterocycles. The standard InChI is InChI=1S/C15H14BrNOS/c16-13-3-1-2-11(8-13)9-17(14-4-5-14)15(18)12-6-7-19-10-12/h1-3,6-8,10,14H,4-5,9H2. The fourth-order valence-electron chi connectivity index (χ4n) is 2.14. The number of carbonyl (C=O) groups is 1.